The highest BCUT2D eigenvalue weighted by molar-refractivity contribution is 8.14. The standard InChI is InChI=1S/C9H2ClF6NO3S2/c10-22(18,19)7-5(20-8(11,12)13)1-4(3-17)2-6(7)21-9(14,15)16/h1-2H. The summed E-state index contributed by atoms with van der Waals surface area (Å²) in [6.45, 7) is 0. The molecule has 0 aliphatic heterocycles. The van der Waals surface area contributed by atoms with Crippen molar-refractivity contribution in [3.63, 3.8) is 0 Å². The maximum atomic E-state index is 12.4. The third kappa shape index (κ3) is 5.47. The number of nitrogens with zero attached hydrogens (tertiary/aromatic N) is 1. The normalized spacial score (nSPS) is 12.8. The van der Waals surface area contributed by atoms with Gasteiger partial charge in [-0.25, -0.2) is 8.42 Å². The first-order valence-corrected chi connectivity index (χ1v) is 7.90. The van der Waals surface area contributed by atoms with Gasteiger partial charge in [0.2, 0.25) is 0 Å². The fourth-order valence-corrected chi connectivity index (χ4v) is 3.62. The molecule has 0 aromatic heterocycles. The molecule has 0 spiro atoms. The number of halogens is 7. The first-order valence-electron chi connectivity index (χ1n) is 4.77. The highest BCUT2D eigenvalue weighted by Crippen LogP contribution is 2.45. The van der Waals surface area contributed by atoms with Gasteiger partial charge in [-0.15, -0.1) is 13.2 Å². The Kier molecular flexibility index (Phi) is 5.15. The van der Waals surface area contributed by atoms with Gasteiger partial charge >= 0.3 is 11.9 Å². The minimum absolute atomic E-state index is 0.323. The molecule has 1 aromatic carbocycles. The predicted molar refractivity (Wildman–Crippen MR) is 62.8 cm³/mol. The van der Waals surface area contributed by atoms with E-state index in [1.165, 1.54) is 6.07 Å². The summed E-state index contributed by atoms with van der Waals surface area (Å²) >= 11 is -1.04. The van der Waals surface area contributed by atoms with Crippen molar-refractivity contribution in [2.45, 2.75) is 21.7 Å². The lowest BCUT2D eigenvalue weighted by Gasteiger charge is -2.15. The van der Waals surface area contributed by atoms with Crippen LogP contribution in [-0.2, 0) is 9.05 Å². The Morgan fingerprint density at radius 2 is 1.73 bits per heavy atom. The largest absolute Gasteiger partial charge is 0.573 e. The van der Waals surface area contributed by atoms with Crippen molar-refractivity contribution in [2.75, 3.05) is 0 Å². The van der Waals surface area contributed by atoms with E-state index in [9.17, 15) is 34.8 Å². The molecule has 0 saturated carbocycles. The molecule has 0 aliphatic rings. The average Bonchev–Trinajstić information content (AvgIpc) is 2.21. The zero-order valence-electron chi connectivity index (χ0n) is 9.79. The van der Waals surface area contributed by atoms with Crippen LogP contribution in [0.1, 0.15) is 5.56 Å². The molecule has 0 radical (unpaired) electrons. The van der Waals surface area contributed by atoms with Crippen molar-refractivity contribution in [2.24, 2.45) is 0 Å². The van der Waals surface area contributed by atoms with Gasteiger partial charge in [0.25, 0.3) is 9.05 Å². The number of nitriles is 1. The Bertz CT molecular complexity index is 685. The van der Waals surface area contributed by atoms with Crippen LogP contribution in [0.3, 0.4) is 0 Å². The lowest BCUT2D eigenvalue weighted by molar-refractivity contribution is -0.275. The van der Waals surface area contributed by atoms with Gasteiger partial charge in [-0.3, -0.25) is 0 Å². The van der Waals surface area contributed by atoms with E-state index < -0.39 is 53.8 Å². The van der Waals surface area contributed by atoms with Crippen LogP contribution in [0.2, 0.25) is 0 Å². The smallest absolute Gasteiger partial charge is 0.404 e. The van der Waals surface area contributed by atoms with E-state index >= 15 is 0 Å². The maximum absolute atomic E-state index is 12.4. The molecule has 0 unspecified atom stereocenters. The molecule has 1 rings (SSSR count). The number of benzene rings is 1. The monoisotopic (exact) mass is 385 g/mol. The fraction of sp³-hybridized carbons (Fsp3) is 0.222. The lowest BCUT2D eigenvalue weighted by Crippen LogP contribution is -2.19. The van der Waals surface area contributed by atoms with E-state index in [1.807, 2.05) is 0 Å². The molecule has 0 atom stereocenters. The van der Waals surface area contributed by atoms with E-state index in [1.54, 1.807) is 0 Å². The Balaban J connectivity index is 3.68. The minimum atomic E-state index is -5.40. The summed E-state index contributed by atoms with van der Waals surface area (Å²) in [6.07, 6.45) is -5.40. The molecule has 0 fully saturated rings. The summed E-state index contributed by atoms with van der Waals surface area (Å²) in [4.78, 5) is -2.73. The first kappa shape index (κ1) is 18.7. The van der Waals surface area contributed by atoms with Crippen molar-refractivity contribution >= 4 is 31.5 Å². The summed E-state index contributed by atoms with van der Waals surface area (Å²) in [5, 5.41) is 8.62. The Morgan fingerprint density at radius 3 is 2.09 bits per heavy atom. The van der Waals surface area contributed by atoms with Crippen LogP contribution >= 0.6 is 22.4 Å². The molecule has 122 valence electrons. The van der Waals surface area contributed by atoms with Gasteiger partial charge in [-0.05, 0) is 23.9 Å². The van der Waals surface area contributed by atoms with Gasteiger partial charge in [0.15, 0.2) is 5.75 Å². The molecular formula is C9H2ClF6NO3S2. The molecule has 0 bridgehead atoms. The van der Waals surface area contributed by atoms with E-state index in [0.717, 1.165) is 0 Å². The SMILES string of the molecule is N#Cc1cc(OC(F)(F)F)c(S(=O)(=O)Cl)c(SC(F)(F)F)c1. The van der Waals surface area contributed by atoms with Crippen molar-refractivity contribution < 1.29 is 39.5 Å². The lowest BCUT2D eigenvalue weighted by atomic mass is 10.2. The van der Waals surface area contributed by atoms with E-state index in [-0.39, 0.29) is 0 Å². The zero-order chi connectivity index (χ0) is 17.3. The van der Waals surface area contributed by atoms with Gasteiger partial charge in [-0.2, -0.15) is 18.4 Å². The van der Waals surface area contributed by atoms with Gasteiger partial charge < -0.3 is 4.74 Å². The zero-order valence-corrected chi connectivity index (χ0v) is 12.2. The summed E-state index contributed by atoms with van der Waals surface area (Å²) in [5.41, 5.74) is -5.70. The van der Waals surface area contributed by atoms with Crippen molar-refractivity contribution in [3.05, 3.63) is 17.7 Å². The summed E-state index contributed by atoms with van der Waals surface area (Å²) < 4.78 is 99.9. The number of hydrogen-bond donors (Lipinski definition) is 0. The minimum Gasteiger partial charge on any atom is -0.404 e. The van der Waals surface area contributed by atoms with E-state index in [2.05, 4.69) is 4.74 Å². The Labute approximate surface area is 128 Å². The summed E-state index contributed by atoms with van der Waals surface area (Å²) in [6, 6.07) is 2.06. The van der Waals surface area contributed by atoms with Gasteiger partial charge in [0, 0.05) is 15.6 Å². The second-order valence-corrected chi connectivity index (χ2v) is 7.06. The molecular weight excluding hydrogens is 384 g/mol. The van der Waals surface area contributed by atoms with Gasteiger partial charge in [0.05, 0.1) is 11.6 Å². The van der Waals surface area contributed by atoms with Crippen LogP contribution in [0, 0.1) is 11.3 Å². The highest BCUT2D eigenvalue weighted by Gasteiger charge is 2.38. The van der Waals surface area contributed by atoms with Gasteiger partial charge in [-0.1, -0.05) is 0 Å². The van der Waals surface area contributed by atoms with Crippen LogP contribution in [0.5, 0.6) is 5.75 Å². The number of thioether (sulfide) groups is 1. The Morgan fingerprint density at radius 1 is 1.18 bits per heavy atom. The number of rotatable bonds is 3. The Hall–Kier alpha value is -1.32. The molecule has 0 saturated heterocycles. The number of ether oxygens (including phenoxy) is 1. The molecule has 1 aromatic rings. The topological polar surface area (TPSA) is 67.2 Å². The summed E-state index contributed by atoms with van der Waals surface area (Å²) in [7, 11) is -0.134. The van der Waals surface area contributed by atoms with Crippen molar-refractivity contribution in [3.8, 4) is 11.8 Å². The van der Waals surface area contributed by atoms with Crippen LogP contribution in [0.4, 0.5) is 26.3 Å². The maximum Gasteiger partial charge on any atom is 0.573 e. The second-order valence-electron chi connectivity index (χ2n) is 3.45. The third-order valence-corrected chi connectivity index (χ3v) is 4.12. The fourth-order valence-electron chi connectivity index (χ4n) is 1.28. The molecule has 0 N–H and O–H groups in total. The summed E-state index contributed by atoms with van der Waals surface area (Å²) in [5.74, 6) is -1.52. The predicted octanol–water partition coefficient (Wildman–Crippen LogP) is 4.00. The first-order chi connectivity index (χ1) is 9.73. The molecule has 0 aliphatic carbocycles. The van der Waals surface area contributed by atoms with Crippen LogP contribution in [-0.4, -0.2) is 20.3 Å². The quantitative estimate of drug-likeness (QED) is 0.447. The van der Waals surface area contributed by atoms with Crippen molar-refractivity contribution in [1.29, 1.82) is 5.26 Å². The highest BCUT2D eigenvalue weighted by atomic mass is 35.7. The van der Waals surface area contributed by atoms with Crippen LogP contribution < -0.4 is 4.74 Å². The average molecular weight is 386 g/mol. The molecule has 0 heterocycles. The van der Waals surface area contributed by atoms with E-state index in [0.29, 0.717) is 12.1 Å². The molecule has 13 heteroatoms. The molecule has 4 nitrogen and oxygen atoms in total. The second kappa shape index (κ2) is 6.05. The van der Waals surface area contributed by atoms with Crippen molar-refractivity contribution in [1.82, 2.24) is 0 Å². The van der Waals surface area contributed by atoms with Crippen LogP contribution in [0.15, 0.2) is 21.9 Å². The third-order valence-electron chi connectivity index (χ3n) is 1.85. The number of alkyl halides is 6. The van der Waals surface area contributed by atoms with Gasteiger partial charge in [0.1, 0.15) is 4.90 Å². The number of hydrogen-bond acceptors (Lipinski definition) is 5. The molecule has 0 amide bonds. The van der Waals surface area contributed by atoms with Crippen LogP contribution in [0.25, 0.3) is 0 Å². The van der Waals surface area contributed by atoms with E-state index in [4.69, 9.17) is 15.9 Å². The molecule has 22 heavy (non-hydrogen) atoms.